The first-order valence-electron chi connectivity index (χ1n) is 16.5. The first-order valence-corrected chi connectivity index (χ1v) is 16.5. The number of benzene rings is 9. The Bertz CT molecular complexity index is 2590. The molecule has 0 radical (unpaired) electrons. The number of methoxy groups -OCH3 is 1. The van der Waals surface area contributed by atoms with E-state index in [4.69, 9.17) is 4.74 Å². The molecule has 0 amide bonds. The predicted octanol–water partition coefficient (Wildman–Crippen LogP) is 13.0. The topological polar surface area (TPSA) is 9.23 Å². The molecular weight excluding hydrogens is 581 g/mol. The second-order valence-corrected chi connectivity index (χ2v) is 12.4. The van der Waals surface area contributed by atoms with Gasteiger partial charge in [0.15, 0.2) is 0 Å². The maximum absolute atomic E-state index is 5.68. The van der Waals surface area contributed by atoms with Gasteiger partial charge >= 0.3 is 0 Å². The molecule has 0 spiro atoms. The van der Waals surface area contributed by atoms with E-state index in [9.17, 15) is 0 Å². The third kappa shape index (κ3) is 4.63. The fraction of sp³-hybridized carbons (Fsp3) is 0.0213. The number of hydrogen-bond acceptors (Lipinski definition) is 1. The molecule has 0 fully saturated rings. The number of hydrogen-bond donors (Lipinski definition) is 0. The first-order chi connectivity index (χ1) is 23.8. The standard InChI is InChI=1S/C47H32O/c1-48-38-26-24-32-25-27-39(45(44(32)30-38)33-13-3-2-4-14-33)35-16-11-17-36(29-35)46-40-18-7-9-20-42(40)47(43-21-10-8-19-41(43)46)37-23-22-31-12-5-6-15-34(31)28-37/h2-30H,1H3. The number of rotatable bonds is 5. The van der Waals surface area contributed by atoms with E-state index in [1.807, 2.05) is 6.07 Å². The van der Waals surface area contributed by atoms with Crippen LogP contribution in [0.1, 0.15) is 0 Å². The zero-order chi connectivity index (χ0) is 32.0. The van der Waals surface area contributed by atoms with E-state index < -0.39 is 0 Å². The van der Waals surface area contributed by atoms with Crippen molar-refractivity contribution in [3.05, 3.63) is 176 Å². The van der Waals surface area contributed by atoms with Crippen molar-refractivity contribution in [3.8, 4) is 50.3 Å². The van der Waals surface area contributed by atoms with Crippen molar-refractivity contribution < 1.29 is 4.74 Å². The van der Waals surface area contributed by atoms with Crippen molar-refractivity contribution in [1.82, 2.24) is 0 Å². The summed E-state index contributed by atoms with van der Waals surface area (Å²) < 4.78 is 5.68. The minimum atomic E-state index is 0.857. The minimum absolute atomic E-state index is 0.857. The Hall–Kier alpha value is -6.18. The van der Waals surface area contributed by atoms with Gasteiger partial charge in [-0.1, -0.05) is 152 Å². The van der Waals surface area contributed by atoms with Gasteiger partial charge in [-0.25, -0.2) is 0 Å². The second kappa shape index (κ2) is 11.6. The molecule has 0 aromatic heterocycles. The highest BCUT2D eigenvalue weighted by molar-refractivity contribution is 6.22. The lowest BCUT2D eigenvalue weighted by Gasteiger charge is -2.19. The Morgan fingerprint density at radius 1 is 0.312 bits per heavy atom. The van der Waals surface area contributed by atoms with Crippen LogP contribution in [0.5, 0.6) is 5.75 Å². The summed E-state index contributed by atoms with van der Waals surface area (Å²) in [5.41, 5.74) is 9.76. The van der Waals surface area contributed by atoms with Crippen molar-refractivity contribution in [3.63, 3.8) is 0 Å². The van der Waals surface area contributed by atoms with Gasteiger partial charge in [0, 0.05) is 0 Å². The molecule has 48 heavy (non-hydrogen) atoms. The summed E-state index contributed by atoms with van der Waals surface area (Å²) in [4.78, 5) is 0. The Morgan fingerprint density at radius 2 is 0.854 bits per heavy atom. The van der Waals surface area contributed by atoms with Crippen LogP contribution in [0.15, 0.2) is 176 Å². The summed E-state index contributed by atoms with van der Waals surface area (Å²) in [5, 5.41) is 9.90. The summed E-state index contributed by atoms with van der Waals surface area (Å²) in [6.07, 6.45) is 0. The molecule has 226 valence electrons. The first kappa shape index (κ1) is 28.1. The Kier molecular flexibility index (Phi) is 6.76. The van der Waals surface area contributed by atoms with Crippen LogP contribution in [0.2, 0.25) is 0 Å². The molecule has 0 atom stereocenters. The van der Waals surface area contributed by atoms with Gasteiger partial charge in [-0.15, -0.1) is 0 Å². The van der Waals surface area contributed by atoms with Crippen LogP contribution in [-0.4, -0.2) is 7.11 Å². The second-order valence-electron chi connectivity index (χ2n) is 12.4. The van der Waals surface area contributed by atoms with Crippen LogP contribution >= 0.6 is 0 Å². The van der Waals surface area contributed by atoms with Gasteiger partial charge in [0.25, 0.3) is 0 Å². The van der Waals surface area contributed by atoms with E-state index in [-0.39, 0.29) is 0 Å². The molecule has 0 aliphatic carbocycles. The van der Waals surface area contributed by atoms with Crippen LogP contribution in [0.3, 0.4) is 0 Å². The van der Waals surface area contributed by atoms with Crippen LogP contribution in [0, 0.1) is 0 Å². The fourth-order valence-corrected chi connectivity index (χ4v) is 7.52. The van der Waals surface area contributed by atoms with Gasteiger partial charge in [-0.05, 0) is 112 Å². The molecular formula is C47H32O. The Labute approximate surface area is 280 Å². The highest BCUT2D eigenvalue weighted by atomic mass is 16.5. The van der Waals surface area contributed by atoms with Crippen LogP contribution in [0.4, 0.5) is 0 Å². The molecule has 0 saturated carbocycles. The summed E-state index contributed by atoms with van der Waals surface area (Å²) >= 11 is 0. The summed E-state index contributed by atoms with van der Waals surface area (Å²) in [6.45, 7) is 0. The lowest BCUT2D eigenvalue weighted by atomic mass is 9.84. The molecule has 9 aromatic carbocycles. The fourth-order valence-electron chi connectivity index (χ4n) is 7.52. The van der Waals surface area contributed by atoms with Crippen molar-refractivity contribution in [2.24, 2.45) is 0 Å². The molecule has 0 aliphatic heterocycles. The summed E-state index contributed by atoms with van der Waals surface area (Å²) in [6, 6.07) is 63.9. The third-order valence-corrected chi connectivity index (χ3v) is 9.72. The Morgan fingerprint density at radius 3 is 1.54 bits per heavy atom. The van der Waals surface area contributed by atoms with Gasteiger partial charge in [0.1, 0.15) is 5.75 Å². The minimum Gasteiger partial charge on any atom is -0.497 e. The van der Waals surface area contributed by atoms with Gasteiger partial charge < -0.3 is 4.74 Å². The zero-order valence-electron chi connectivity index (χ0n) is 26.7. The van der Waals surface area contributed by atoms with Gasteiger partial charge in [-0.2, -0.15) is 0 Å². The van der Waals surface area contributed by atoms with E-state index >= 15 is 0 Å². The molecule has 1 nitrogen and oxygen atoms in total. The van der Waals surface area contributed by atoms with Gasteiger partial charge in [-0.3, -0.25) is 0 Å². The van der Waals surface area contributed by atoms with Crippen molar-refractivity contribution in [1.29, 1.82) is 0 Å². The highest BCUT2D eigenvalue weighted by Crippen LogP contribution is 2.46. The van der Waals surface area contributed by atoms with Crippen molar-refractivity contribution >= 4 is 43.1 Å². The molecule has 0 aliphatic rings. The van der Waals surface area contributed by atoms with E-state index in [0.717, 1.165) is 5.75 Å². The largest absolute Gasteiger partial charge is 0.497 e. The third-order valence-electron chi connectivity index (χ3n) is 9.72. The van der Waals surface area contributed by atoms with Gasteiger partial charge in [0.05, 0.1) is 7.11 Å². The maximum atomic E-state index is 5.68. The molecule has 9 aromatic rings. The summed E-state index contributed by atoms with van der Waals surface area (Å²) in [7, 11) is 1.73. The number of fused-ring (bicyclic) bond motifs is 4. The van der Waals surface area contributed by atoms with Gasteiger partial charge in [0.2, 0.25) is 0 Å². The Balaban J connectivity index is 1.30. The molecule has 0 bridgehead atoms. The zero-order valence-corrected chi connectivity index (χ0v) is 26.7. The van der Waals surface area contributed by atoms with E-state index in [1.54, 1.807) is 7.11 Å². The van der Waals surface area contributed by atoms with E-state index in [0.29, 0.717) is 0 Å². The molecule has 0 heterocycles. The molecule has 9 rings (SSSR count). The smallest absolute Gasteiger partial charge is 0.119 e. The SMILES string of the molecule is COc1ccc2ccc(-c3cccc(-c4c5ccccc5c(-c5ccc6ccccc6c5)c5ccccc45)c3)c(-c3ccccc3)c2c1. The van der Waals surface area contributed by atoms with Crippen LogP contribution < -0.4 is 4.74 Å². The predicted molar refractivity (Wildman–Crippen MR) is 205 cm³/mol. The van der Waals surface area contributed by atoms with E-state index in [1.165, 1.54) is 87.6 Å². The van der Waals surface area contributed by atoms with Crippen LogP contribution in [0.25, 0.3) is 87.6 Å². The van der Waals surface area contributed by atoms with Crippen molar-refractivity contribution in [2.45, 2.75) is 0 Å². The highest BCUT2D eigenvalue weighted by Gasteiger charge is 2.18. The lowest BCUT2D eigenvalue weighted by Crippen LogP contribution is -1.92. The molecule has 0 saturated heterocycles. The monoisotopic (exact) mass is 612 g/mol. The van der Waals surface area contributed by atoms with Crippen LogP contribution in [-0.2, 0) is 0 Å². The quantitative estimate of drug-likeness (QED) is 0.176. The average molecular weight is 613 g/mol. The van der Waals surface area contributed by atoms with Crippen molar-refractivity contribution in [2.75, 3.05) is 7.11 Å². The normalized spacial score (nSPS) is 11.4. The molecule has 0 unspecified atom stereocenters. The maximum Gasteiger partial charge on any atom is 0.119 e. The average Bonchev–Trinajstić information content (AvgIpc) is 3.16. The molecule has 1 heteroatoms. The van der Waals surface area contributed by atoms with E-state index in [2.05, 4.69) is 170 Å². The molecule has 0 N–H and O–H groups in total. The lowest BCUT2D eigenvalue weighted by molar-refractivity contribution is 0.415. The summed E-state index contributed by atoms with van der Waals surface area (Å²) in [5.74, 6) is 0.857. The number of ether oxygens (including phenoxy) is 1.